The SMILES string of the molecule is CC(C)Cn1c(-c2ncccc2Br)n[nH]c1=S. The molecule has 0 aliphatic heterocycles. The quantitative estimate of drug-likeness (QED) is 0.883. The molecule has 0 saturated heterocycles. The van der Waals surface area contributed by atoms with E-state index >= 15 is 0 Å². The topological polar surface area (TPSA) is 46.5 Å². The number of halogens is 1. The second-order valence-corrected chi connectivity index (χ2v) is 5.43. The van der Waals surface area contributed by atoms with Gasteiger partial charge in [0.05, 0.1) is 0 Å². The highest BCUT2D eigenvalue weighted by Gasteiger charge is 2.13. The minimum absolute atomic E-state index is 0.500. The Kier molecular flexibility index (Phi) is 3.73. The van der Waals surface area contributed by atoms with Gasteiger partial charge in [0.2, 0.25) is 0 Å². The van der Waals surface area contributed by atoms with Crippen LogP contribution >= 0.6 is 28.1 Å². The maximum absolute atomic E-state index is 5.24. The van der Waals surface area contributed by atoms with Gasteiger partial charge in [0.1, 0.15) is 5.69 Å². The first-order chi connectivity index (χ1) is 8.09. The molecule has 0 unspecified atom stereocenters. The van der Waals surface area contributed by atoms with Gasteiger partial charge < -0.3 is 0 Å². The van der Waals surface area contributed by atoms with Crippen LogP contribution in [0, 0.1) is 10.7 Å². The smallest absolute Gasteiger partial charge is 0.195 e. The molecule has 2 heterocycles. The Bertz CT molecular complexity index is 573. The number of nitrogens with one attached hydrogen (secondary N) is 1. The number of pyridine rings is 1. The van der Waals surface area contributed by atoms with Crippen molar-refractivity contribution in [2.45, 2.75) is 20.4 Å². The first kappa shape index (κ1) is 12.4. The number of aromatic amines is 1. The van der Waals surface area contributed by atoms with Gasteiger partial charge in [0.25, 0.3) is 0 Å². The molecular formula is C11H13BrN4S. The van der Waals surface area contributed by atoms with Crippen LogP contribution in [-0.2, 0) is 6.54 Å². The fourth-order valence-electron chi connectivity index (χ4n) is 1.58. The van der Waals surface area contributed by atoms with E-state index in [-0.39, 0.29) is 0 Å². The van der Waals surface area contributed by atoms with Crippen molar-refractivity contribution in [3.63, 3.8) is 0 Å². The van der Waals surface area contributed by atoms with Gasteiger partial charge in [-0.15, -0.1) is 0 Å². The summed E-state index contributed by atoms with van der Waals surface area (Å²) < 4.78 is 3.53. The third kappa shape index (κ3) is 2.63. The Labute approximate surface area is 113 Å². The van der Waals surface area contributed by atoms with Crippen LogP contribution in [0.15, 0.2) is 22.8 Å². The molecule has 2 aromatic rings. The molecule has 0 saturated carbocycles. The molecule has 0 bridgehead atoms. The van der Waals surface area contributed by atoms with Crippen molar-refractivity contribution in [2.75, 3.05) is 0 Å². The van der Waals surface area contributed by atoms with Crippen LogP contribution < -0.4 is 0 Å². The Morgan fingerprint density at radius 3 is 2.94 bits per heavy atom. The number of rotatable bonds is 3. The molecule has 0 aliphatic carbocycles. The zero-order valence-corrected chi connectivity index (χ0v) is 12.0. The average Bonchev–Trinajstić information content (AvgIpc) is 2.61. The van der Waals surface area contributed by atoms with Crippen LogP contribution in [0.4, 0.5) is 0 Å². The van der Waals surface area contributed by atoms with E-state index in [4.69, 9.17) is 12.2 Å². The van der Waals surface area contributed by atoms with E-state index in [2.05, 4.69) is 45.0 Å². The Morgan fingerprint density at radius 1 is 1.53 bits per heavy atom. The highest BCUT2D eigenvalue weighted by molar-refractivity contribution is 9.10. The highest BCUT2D eigenvalue weighted by atomic mass is 79.9. The molecule has 0 fully saturated rings. The van der Waals surface area contributed by atoms with E-state index in [1.165, 1.54) is 0 Å². The summed E-state index contributed by atoms with van der Waals surface area (Å²) in [6.45, 7) is 5.12. The van der Waals surface area contributed by atoms with Crippen LogP contribution in [-0.4, -0.2) is 19.7 Å². The van der Waals surface area contributed by atoms with Crippen LogP contribution in [0.5, 0.6) is 0 Å². The van der Waals surface area contributed by atoms with Crippen molar-refractivity contribution in [3.8, 4) is 11.5 Å². The lowest BCUT2D eigenvalue weighted by atomic mass is 10.2. The molecule has 6 heteroatoms. The van der Waals surface area contributed by atoms with Crippen molar-refractivity contribution in [3.05, 3.63) is 27.6 Å². The molecule has 0 aromatic carbocycles. The van der Waals surface area contributed by atoms with Crippen LogP contribution in [0.3, 0.4) is 0 Å². The normalized spacial score (nSPS) is 11.1. The largest absolute Gasteiger partial charge is 0.299 e. The molecule has 0 amide bonds. The maximum Gasteiger partial charge on any atom is 0.195 e. The summed E-state index contributed by atoms with van der Waals surface area (Å²) in [6.07, 6.45) is 1.75. The third-order valence-electron chi connectivity index (χ3n) is 2.28. The van der Waals surface area contributed by atoms with Gasteiger partial charge in [0.15, 0.2) is 10.6 Å². The van der Waals surface area contributed by atoms with Crippen LogP contribution in [0.2, 0.25) is 0 Å². The number of nitrogens with zero attached hydrogens (tertiary/aromatic N) is 3. The molecule has 0 atom stereocenters. The van der Waals surface area contributed by atoms with Crippen molar-refractivity contribution < 1.29 is 0 Å². The predicted octanol–water partition coefficient (Wildman–Crippen LogP) is 3.42. The fourth-order valence-corrected chi connectivity index (χ4v) is 2.22. The molecule has 0 spiro atoms. The molecular weight excluding hydrogens is 300 g/mol. The minimum Gasteiger partial charge on any atom is -0.299 e. The minimum atomic E-state index is 0.500. The maximum atomic E-state index is 5.24. The highest BCUT2D eigenvalue weighted by Crippen LogP contribution is 2.24. The zero-order valence-electron chi connectivity index (χ0n) is 9.64. The van der Waals surface area contributed by atoms with Crippen molar-refractivity contribution in [1.29, 1.82) is 0 Å². The summed E-state index contributed by atoms with van der Waals surface area (Å²) >= 11 is 8.72. The lowest BCUT2D eigenvalue weighted by Crippen LogP contribution is -2.07. The summed E-state index contributed by atoms with van der Waals surface area (Å²) in [5.74, 6) is 1.27. The summed E-state index contributed by atoms with van der Waals surface area (Å²) in [5, 5.41) is 7.08. The first-order valence-electron chi connectivity index (χ1n) is 5.35. The standard InChI is InChI=1S/C11H13BrN4S/c1-7(2)6-16-10(14-15-11(16)17)9-8(12)4-3-5-13-9/h3-5,7H,6H2,1-2H3,(H,15,17). The van der Waals surface area contributed by atoms with Gasteiger partial charge in [0, 0.05) is 17.2 Å². The van der Waals surface area contributed by atoms with Gasteiger partial charge in [-0.1, -0.05) is 13.8 Å². The Balaban J connectivity index is 2.53. The number of hydrogen-bond acceptors (Lipinski definition) is 3. The predicted molar refractivity (Wildman–Crippen MR) is 73.2 cm³/mol. The monoisotopic (exact) mass is 312 g/mol. The molecule has 0 aliphatic rings. The van der Waals surface area contributed by atoms with E-state index in [1.54, 1.807) is 6.20 Å². The van der Waals surface area contributed by atoms with Crippen molar-refractivity contribution in [1.82, 2.24) is 19.7 Å². The van der Waals surface area contributed by atoms with E-state index in [0.717, 1.165) is 22.5 Å². The van der Waals surface area contributed by atoms with E-state index in [9.17, 15) is 0 Å². The molecule has 17 heavy (non-hydrogen) atoms. The van der Waals surface area contributed by atoms with Gasteiger partial charge >= 0.3 is 0 Å². The summed E-state index contributed by atoms with van der Waals surface area (Å²) in [4.78, 5) is 4.33. The van der Waals surface area contributed by atoms with Crippen molar-refractivity contribution in [2.24, 2.45) is 5.92 Å². The van der Waals surface area contributed by atoms with Gasteiger partial charge in [-0.25, -0.2) is 0 Å². The van der Waals surface area contributed by atoms with E-state index in [1.807, 2.05) is 16.7 Å². The van der Waals surface area contributed by atoms with Gasteiger partial charge in [-0.05, 0) is 46.2 Å². The molecule has 90 valence electrons. The number of hydrogen-bond donors (Lipinski definition) is 1. The summed E-state index contributed by atoms with van der Waals surface area (Å²) in [7, 11) is 0. The van der Waals surface area contributed by atoms with Gasteiger partial charge in [-0.3, -0.25) is 14.6 Å². The molecule has 1 N–H and O–H groups in total. The van der Waals surface area contributed by atoms with E-state index < -0.39 is 0 Å². The summed E-state index contributed by atoms with van der Waals surface area (Å²) in [5.41, 5.74) is 0.806. The molecule has 0 radical (unpaired) electrons. The van der Waals surface area contributed by atoms with Crippen molar-refractivity contribution >= 4 is 28.1 Å². The lowest BCUT2D eigenvalue weighted by molar-refractivity contribution is 0.521. The Morgan fingerprint density at radius 2 is 2.29 bits per heavy atom. The number of aromatic nitrogens is 4. The number of H-pyrrole nitrogens is 1. The molecule has 2 rings (SSSR count). The molecule has 2 aromatic heterocycles. The third-order valence-corrected chi connectivity index (χ3v) is 3.23. The lowest BCUT2D eigenvalue weighted by Gasteiger charge is -2.09. The zero-order chi connectivity index (χ0) is 12.4. The fraction of sp³-hybridized carbons (Fsp3) is 0.364. The van der Waals surface area contributed by atoms with Gasteiger partial charge in [-0.2, -0.15) is 5.10 Å². The summed E-state index contributed by atoms with van der Waals surface area (Å²) in [6, 6.07) is 3.82. The second-order valence-electron chi connectivity index (χ2n) is 4.19. The van der Waals surface area contributed by atoms with Crippen LogP contribution in [0.1, 0.15) is 13.8 Å². The average molecular weight is 313 g/mol. The molecule has 4 nitrogen and oxygen atoms in total. The Hall–Kier alpha value is -1.01. The van der Waals surface area contributed by atoms with E-state index in [0.29, 0.717) is 10.7 Å². The van der Waals surface area contributed by atoms with Crippen LogP contribution in [0.25, 0.3) is 11.5 Å². The second kappa shape index (κ2) is 5.10. The first-order valence-corrected chi connectivity index (χ1v) is 6.56.